The molecule has 0 heterocycles. The normalized spacial score (nSPS) is 12.7. The maximum atomic E-state index is 9.93. The Bertz CT molecular complexity index is 547. The predicted molar refractivity (Wildman–Crippen MR) is 70.2 cm³/mol. The van der Waals surface area contributed by atoms with Gasteiger partial charge in [0.15, 0.2) is 0 Å². The first-order valence-corrected chi connectivity index (χ1v) is 5.60. The van der Waals surface area contributed by atoms with Gasteiger partial charge in [0, 0.05) is 11.6 Å². The molecule has 0 amide bonds. The smallest absolute Gasteiger partial charge is 0.125 e. The summed E-state index contributed by atoms with van der Waals surface area (Å²) < 4.78 is 0. The van der Waals surface area contributed by atoms with E-state index in [4.69, 9.17) is 5.11 Å². The molecule has 0 aliphatic heterocycles. The van der Waals surface area contributed by atoms with Crippen molar-refractivity contribution in [3.8, 4) is 11.5 Å². The number of aliphatic hydroxyl groups excluding tert-OH is 1. The second-order valence-corrected chi connectivity index (χ2v) is 3.96. The highest BCUT2D eigenvalue weighted by Gasteiger charge is 2.09. The van der Waals surface area contributed by atoms with Crippen LogP contribution in [0.15, 0.2) is 54.6 Å². The standard InChI is InChI=1S/C15H14O3/c16-12-7-8-13(15(18)10-12)14(17)9-6-11-4-2-1-3-5-11/h1-10,14,16-18H. The van der Waals surface area contributed by atoms with Crippen molar-refractivity contribution in [2.24, 2.45) is 0 Å². The first-order valence-electron chi connectivity index (χ1n) is 5.60. The van der Waals surface area contributed by atoms with Crippen LogP contribution < -0.4 is 0 Å². The Morgan fingerprint density at radius 1 is 0.944 bits per heavy atom. The van der Waals surface area contributed by atoms with E-state index in [2.05, 4.69) is 0 Å². The van der Waals surface area contributed by atoms with Crippen LogP contribution in [0.25, 0.3) is 6.08 Å². The molecule has 3 nitrogen and oxygen atoms in total. The Morgan fingerprint density at radius 2 is 1.67 bits per heavy atom. The molecular weight excluding hydrogens is 228 g/mol. The minimum absolute atomic E-state index is 0.0320. The van der Waals surface area contributed by atoms with Crippen molar-refractivity contribution in [1.29, 1.82) is 0 Å². The summed E-state index contributed by atoms with van der Waals surface area (Å²) >= 11 is 0. The lowest BCUT2D eigenvalue weighted by Crippen LogP contribution is -1.93. The Kier molecular flexibility index (Phi) is 3.65. The van der Waals surface area contributed by atoms with Gasteiger partial charge < -0.3 is 15.3 Å². The van der Waals surface area contributed by atoms with Crippen molar-refractivity contribution >= 4 is 6.08 Å². The molecule has 0 spiro atoms. The summed E-state index contributed by atoms with van der Waals surface area (Å²) in [6.07, 6.45) is 2.45. The minimum atomic E-state index is -0.911. The molecule has 0 saturated heterocycles. The molecule has 2 aromatic carbocycles. The summed E-state index contributed by atoms with van der Waals surface area (Å²) in [6.45, 7) is 0. The van der Waals surface area contributed by atoms with Crippen LogP contribution in [-0.4, -0.2) is 15.3 Å². The summed E-state index contributed by atoms with van der Waals surface area (Å²) in [6, 6.07) is 13.7. The number of aliphatic hydroxyl groups is 1. The first-order chi connectivity index (χ1) is 8.66. The molecule has 0 fully saturated rings. The van der Waals surface area contributed by atoms with Crippen LogP contribution in [-0.2, 0) is 0 Å². The molecule has 0 radical (unpaired) electrons. The lowest BCUT2D eigenvalue weighted by molar-refractivity contribution is 0.224. The quantitative estimate of drug-likeness (QED) is 0.775. The zero-order chi connectivity index (χ0) is 13.0. The molecule has 0 bridgehead atoms. The molecule has 0 saturated carbocycles. The highest BCUT2D eigenvalue weighted by atomic mass is 16.3. The second kappa shape index (κ2) is 5.38. The lowest BCUT2D eigenvalue weighted by Gasteiger charge is -2.08. The summed E-state index contributed by atoms with van der Waals surface area (Å²) in [7, 11) is 0. The molecular formula is C15H14O3. The van der Waals surface area contributed by atoms with Gasteiger partial charge in [-0.1, -0.05) is 42.5 Å². The van der Waals surface area contributed by atoms with Gasteiger partial charge in [-0.05, 0) is 17.7 Å². The lowest BCUT2D eigenvalue weighted by atomic mass is 10.1. The number of phenolic OH excluding ortho intramolecular Hbond substituents is 2. The molecule has 0 aromatic heterocycles. The van der Waals surface area contributed by atoms with Crippen molar-refractivity contribution in [2.45, 2.75) is 6.10 Å². The van der Waals surface area contributed by atoms with E-state index in [-0.39, 0.29) is 11.5 Å². The van der Waals surface area contributed by atoms with Gasteiger partial charge in [0.1, 0.15) is 17.6 Å². The molecule has 1 atom stereocenters. The first kappa shape index (κ1) is 12.2. The van der Waals surface area contributed by atoms with Gasteiger partial charge in [0.2, 0.25) is 0 Å². The third-order valence-corrected chi connectivity index (χ3v) is 2.60. The molecule has 2 rings (SSSR count). The van der Waals surface area contributed by atoms with E-state index in [1.54, 1.807) is 12.2 Å². The highest BCUT2D eigenvalue weighted by molar-refractivity contribution is 5.51. The van der Waals surface area contributed by atoms with Crippen LogP contribution in [0.1, 0.15) is 17.2 Å². The van der Waals surface area contributed by atoms with Crippen molar-refractivity contribution in [1.82, 2.24) is 0 Å². The fourth-order valence-corrected chi connectivity index (χ4v) is 1.65. The van der Waals surface area contributed by atoms with Crippen LogP contribution in [0.5, 0.6) is 11.5 Å². The molecule has 0 aliphatic rings. The molecule has 92 valence electrons. The van der Waals surface area contributed by atoms with Crippen LogP contribution in [0.3, 0.4) is 0 Å². The zero-order valence-electron chi connectivity index (χ0n) is 9.69. The van der Waals surface area contributed by atoms with Crippen molar-refractivity contribution < 1.29 is 15.3 Å². The van der Waals surface area contributed by atoms with E-state index in [9.17, 15) is 10.2 Å². The average Bonchev–Trinajstić information content (AvgIpc) is 2.37. The van der Waals surface area contributed by atoms with Gasteiger partial charge in [0.25, 0.3) is 0 Å². The van der Waals surface area contributed by atoms with E-state index >= 15 is 0 Å². The maximum absolute atomic E-state index is 9.93. The van der Waals surface area contributed by atoms with Gasteiger partial charge >= 0.3 is 0 Å². The monoisotopic (exact) mass is 242 g/mol. The van der Waals surface area contributed by atoms with Crippen LogP contribution in [0, 0.1) is 0 Å². The third kappa shape index (κ3) is 2.90. The number of aromatic hydroxyl groups is 2. The van der Waals surface area contributed by atoms with Crippen LogP contribution in [0.4, 0.5) is 0 Å². The van der Waals surface area contributed by atoms with E-state index in [0.717, 1.165) is 5.56 Å². The number of phenols is 2. The summed E-state index contributed by atoms with van der Waals surface area (Å²) in [4.78, 5) is 0. The number of hydrogen-bond donors (Lipinski definition) is 3. The topological polar surface area (TPSA) is 60.7 Å². The van der Waals surface area contributed by atoms with Gasteiger partial charge in [0.05, 0.1) is 0 Å². The number of hydrogen-bond acceptors (Lipinski definition) is 3. The van der Waals surface area contributed by atoms with Crippen LogP contribution >= 0.6 is 0 Å². The summed E-state index contributed by atoms with van der Waals surface area (Å²) in [5.41, 5.74) is 1.33. The van der Waals surface area contributed by atoms with Gasteiger partial charge in [-0.25, -0.2) is 0 Å². The number of benzene rings is 2. The third-order valence-electron chi connectivity index (χ3n) is 2.60. The average molecular weight is 242 g/mol. The van der Waals surface area contributed by atoms with E-state index in [1.807, 2.05) is 30.3 Å². The minimum Gasteiger partial charge on any atom is -0.508 e. The Morgan fingerprint density at radius 3 is 2.33 bits per heavy atom. The van der Waals surface area contributed by atoms with E-state index in [1.165, 1.54) is 18.2 Å². The van der Waals surface area contributed by atoms with Crippen molar-refractivity contribution in [3.63, 3.8) is 0 Å². The molecule has 3 N–H and O–H groups in total. The SMILES string of the molecule is Oc1ccc(C(O)C=Cc2ccccc2)c(O)c1. The molecule has 1 unspecified atom stereocenters. The highest BCUT2D eigenvalue weighted by Crippen LogP contribution is 2.28. The molecule has 18 heavy (non-hydrogen) atoms. The Balaban J connectivity index is 2.17. The zero-order valence-corrected chi connectivity index (χ0v) is 9.69. The van der Waals surface area contributed by atoms with Crippen molar-refractivity contribution in [3.05, 3.63) is 65.7 Å². The summed E-state index contributed by atoms with van der Waals surface area (Å²) in [5.74, 6) is -0.157. The van der Waals surface area contributed by atoms with Crippen molar-refractivity contribution in [2.75, 3.05) is 0 Å². The fraction of sp³-hybridized carbons (Fsp3) is 0.0667. The molecule has 2 aromatic rings. The van der Waals surface area contributed by atoms with Gasteiger partial charge in [-0.15, -0.1) is 0 Å². The Hall–Kier alpha value is -2.26. The molecule has 0 aliphatic carbocycles. The number of rotatable bonds is 3. The fourth-order valence-electron chi connectivity index (χ4n) is 1.65. The van der Waals surface area contributed by atoms with Crippen LogP contribution in [0.2, 0.25) is 0 Å². The predicted octanol–water partition coefficient (Wildman–Crippen LogP) is 2.84. The second-order valence-electron chi connectivity index (χ2n) is 3.96. The van der Waals surface area contributed by atoms with E-state index < -0.39 is 6.10 Å². The van der Waals surface area contributed by atoms with Gasteiger partial charge in [-0.3, -0.25) is 0 Å². The largest absolute Gasteiger partial charge is 0.508 e. The molecule has 3 heteroatoms. The summed E-state index contributed by atoms with van der Waals surface area (Å²) in [5, 5.41) is 28.7. The van der Waals surface area contributed by atoms with Gasteiger partial charge in [-0.2, -0.15) is 0 Å². The van der Waals surface area contributed by atoms with E-state index in [0.29, 0.717) is 5.56 Å². The Labute approximate surface area is 105 Å². The maximum Gasteiger partial charge on any atom is 0.125 e.